The van der Waals surface area contributed by atoms with E-state index in [1.807, 2.05) is 18.2 Å². The van der Waals surface area contributed by atoms with E-state index in [1.54, 1.807) is 6.07 Å². The third-order valence-corrected chi connectivity index (χ3v) is 6.99. The van der Waals surface area contributed by atoms with Crippen LogP contribution in [0.2, 0.25) is 0 Å². The maximum absolute atomic E-state index is 13.8. The highest BCUT2D eigenvalue weighted by atomic mass is 79.9. The Balaban J connectivity index is 1.67. The molecule has 24 heavy (non-hydrogen) atoms. The van der Waals surface area contributed by atoms with E-state index < -0.39 is 15.8 Å². The van der Waals surface area contributed by atoms with Crippen molar-refractivity contribution < 1.29 is 17.7 Å². The van der Waals surface area contributed by atoms with Crippen LogP contribution in [0.1, 0.15) is 5.56 Å². The molecule has 0 spiro atoms. The summed E-state index contributed by atoms with van der Waals surface area (Å²) >= 11 is 3.54. The van der Waals surface area contributed by atoms with Crippen molar-refractivity contribution in [2.75, 3.05) is 26.2 Å². The Bertz CT molecular complexity index is 821. The minimum atomic E-state index is -3.76. The number of sulfonamides is 1. The molecule has 0 aliphatic carbocycles. The van der Waals surface area contributed by atoms with Gasteiger partial charge in [-0.3, -0.25) is 0 Å². The van der Waals surface area contributed by atoms with Crippen LogP contribution >= 0.6 is 15.9 Å². The Hall–Kier alpha value is -1.28. The fraction of sp³-hybridized carbons (Fsp3) is 0.294. The molecule has 128 valence electrons. The van der Waals surface area contributed by atoms with E-state index in [4.69, 9.17) is 0 Å². The zero-order valence-corrected chi connectivity index (χ0v) is 15.5. The smallest absolute Gasteiger partial charge is 0.246 e. The molecule has 0 saturated carbocycles. The summed E-state index contributed by atoms with van der Waals surface area (Å²) in [6, 6.07) is 13.6. The minimum absolute atomic E-state index is 0.237. The molecule has 1 aliphatic rings. The number of piperazine rings is 1. The van der Waals surface area contributed by atoms with Gasteiger partial charge in [-0.15, -0.1) is 0 Å². The van der Waals surface area contributed by atoms with E-state index in [-0.39, 0.29) is 4.90 Å². The van der Waals surface area contributed by atoms with Crippen molar-refractivity contribution in [3.8, 4) is 0 Å². The van der Waals surface area contributed by atoms with Gasteiger partial charge in [-0.05, 0) is 18.2 Å². The Kier molecular flexibility index (Phi) is 5.34. The molecular weight excluding hydrogens is 395 g/mol. The maximum atomic E-state index is 13.8. The molecule has 0 unspecified atom stereocenters. The molecule has 2 aromatic carbocycles. The number of nitrogens with one attached hydrogen (secondary N) is 1. The topological polar surface area (TPSA) is 41.8 Å². The van der Waals surface area contributed by atoms with Crippen LogP contribution in [0, 0.1) is 5.82 Å². The minimum Gasteiger partial charge on any atom is -0.329 e. The molecule has 1 aliphatic heterocycles. The number of benzene rings is 2. The van der Waals surface area contributed by atoms with Crippen LogP contribution in [0.15, 0.2) is 57.9 Å². The molecule has 1 fully saturated rings. The first kappa shape index (κ1) is 17.5. The molecule has 0 amide bonds. The summed E-state index contributed by atoms with van der Waals surface area (Å²) in [5.41, 5.74) is 1.21. The average Bonchev–Trinajstić information content (AvgIpc) is 2.58. The van der Waals surface area contributed by atoms with Gasteiger partial charge in [-0.1, -0.05) is 46.3 Å². The highest BCUT2D eigenvalue weighted by molar-refractivity contribution is 9.10. The van der Waals surface area contributed by atoms with Crippen LogP contribution in [-0.4, -0.2) is 38.9 Å². The van der Waals surface area contributed by atoms with Gasteiger partial charge in [0.05, 0.1) is 26.2 Å². The molecule has 0 radical (unpaired) electrons. The summed E-state index contributed by atoms with van der Waals surface area (Å²) in [7, 11) is -3.76. The number of halogens is 2. The molecule has 0 atom stereocenters. The van der Waals surface area contributed by atoms with Gasteiger partial charge < -0.3 is 4.90 Å². The summed E-state index contributed by atoms with van der Waals surface area (Å²) in [5.74, 6) is -0.694. The lowest BCUT2D eigenvalue weighted by Gasteiger charge is -2.31. The fourth-order valence-corrected chi connectivity index (χ4v) is 4.86. The predicted octanol–water partition coefficient (Wildman–Crippen LogP) is 1.68. The molecular formula is C17H19BrFN2O2S+. The third kappa shape index (κ3) is 3.69. The molecule has 7 heteroatoms. The second kappa shape index (κ2) is 7.31. The lowest BCUT2D eigenvalue weighted by atomic mass is 10.2. The number of nitrogens with zero attached hydrogens (tertiary/aromatic N) is 1. The SMILES string of the molecule is O=S(=O)(c1ccccc1F)N1CC[NH+](Cc2ccccc2Br)CC1. The van der Waals surface area contributed by atoms with E-state index in [9.17, 15) is 12.8 Å². The molecule has 1 heterocycles. The molecule has 1 N–H and O–H groups in total. The molecule has 2 aromatic rings. The van der Waals surface area contributed by atoms with Gasteiger partial charge in [0.1, 0.15) is 17.3 Å². The second-order valence-corrected chi connectivity index (χ2v) is 8.61. The quantitative estimate of drug-likeness (QED) is 0.828. The lowest BCUT2D eigenvalue weighted by molar-refractivity contribution is -0.917. The van der Waals surface area contributed by atoms with Crippen molar-refractivity contribution in [1.29, 1.82) is 0 Å². The van der Waals surface area contributed by atoms with Gasteiger partial charge in [-0.2, -0.15) is 4.31 Å². The first-order valence-corrected chi connectivity index (χ1v) is 10.0. The zero-order valence-electron chi connectivity index (χ0n) is 13.1. The zero-order chi connectivity index (χ0) is 17.2. The fourth-order valence-electron chi connectivity index (χ4n) is 2.92. The third-order valence-electron chi connectivity index (χ3n) is 4.28. The number of quaternary nitrogens is 1. The molecule has 4 nitrogen and oxygen atoms in total. The van der Waals surface area contributed by atoms with Gasteiger partial charge in [0, 0.05) is 10.0 Å². The summed E-state index contributed by atoms with van der Waals surface area (Å²) in [6.45, 7) is 3.05. The normalized spacial score (nSPS) is 17.1. The van der Waals surface area contributed by atoms with Crippen LogP contribution in [0.5, 0.6) is 0 Å². The van der Waals surface area contributed by atoms with Crippen molar-refractivity contribution in [1.82, 2.24) is 4.31 Å². The van der Waals surface area contributed by atoms with Gasteiger partial charge in [0.2, 0.25) is 10.0 Å². The first-order valence-electron chi connectivity index (χ1n) is 7.80. The van der Waals surface area contributed by atoms with Crippen LogP contribution in [0.3, 0.4) is 0 Å². The second-order valence-electron chi connectivity index (χ2n) is 5.85. The maximum Gasteiger partial charge on any atom is 0.246 e. The van der Waals surface area contributed by atoms with E-state index in [0.29, 0.717) is 26.2 Å². The van der Waals surface area contributed by atoms with Crippen LogP contribution in [0.25, 0.3) is 0 Å². The van der Waals surface area contributed by atoms with Crippen molar-refractivity contribution in [3.63, 3.8) is 0 Å². The summed E-state index contributed by atoms with van der Waals surface area (Å²) in [4.78, 5) is 1.08. The van der Waals surface area contributed by atoms with Gasteiger partial charge >= 0.3 is 0 Å². The Labute approximate surface area is 150 Å². The average molecular weight is 414 g/mol. The Morgan fingerprint density at radius 3 is 2.33 bits per heavy atom. The number of hydrogen-bond donors (Lipinski definition) is 1. The van der Waals surface area contributed by atoms with E-state index in [2.05, 4.69) is 22.0 Å². The molecule has 3 rings (SSSR count). The number of rotatable bonds is 4. The summed E-state index contributed by atoms with van der Waals surface area (Å²) in [5, 5.41) is 0. The largest absolute Gasteiger partial charge is 0.329 e. The molecule has 1 saturated heterocycles. The summed E-state index contributed by atoms with van der Waals surface area (Å²) in [6.07, 6.45) is 0. The Morgan fingerprint density at radius 2 is 1.67 bits per heavy atom. The summed E-state index contributed by atoms with van der Waals surface area (Å²) < 4.78 is 41.5. The van der Waals surface area contributed by atoms with Crippen molar-refractivity contribution in [2.24, 2.45) is 0 Å². The highest BCUT2D eigenvalue weighted by Crippen LogP contribution is 2.19. The predicted molar refractivity (Wildman–Crippen MR) is 93.7 cm³/mol. The van der Waals surface area contributed by atoms with E-state index >= 15 is 0 Å². The van der Waals surface area contributed by atoms with Crippen molar-refractivity contribution >= 4 is 26.0 Å². The van der Waals surface area contributed by atoms with Crippen LogP contribution in [0.4, 0.5) is 4.39 Å². The Morgan fingerprint density at radius 1 is 1.04 bits per heavy atom. The number of hydrogen-bond acceptors (Lipinski definition) is 2. The van der Waals surface area contributed by atoms with Crippen LogP contribution < -0.4 is 4.90 Å². The monoisotopic (exact) mass is 413 g/mol. The molecule has 0 aromatic heterocycles. The lowest BCUT2D eigenvalue weighted by Crippen LogP contribution is -3.13. The van der Waals surface area contributed by atoms with Gasteiger partial charge in [0.15, 0.2) is 0 Å². The van der Waals surface area contributed by atoms with Crippen molar-refractivity contribution in [3.05, 3.63) is 64.4 Å². The highest BCUT2D eigenvalue weighted by Gasteiger charge is 2.32. The van der Waals surface area contributed by atoms with Gasteiger partial charge in [0.25, 0.3) is 0 Å². The van der Waals surface area contributed by atoms with Crippen molar-refractivity contribution in [2.45, 2.75) is 11.4 Å². The van der Waals surface area contributed by atoms with Crippen LogP contribution in [-0.2, 0) is 16.6 Å². The molecule has 0 bridgehead atoms. The van der Waals surface area contributed by atoms with E-state index in [1.165, 1.54) is 33.0 Å². The van der Waals surface area contributed by atoms with Gasteiger partial charge in [-0.25, -0.2) is 12.8 Å². The first-order chi connectivity index (χ1) is 11.5. The van der Waals surface area contributed by atoms with E-state index in [0.717, 1.165) is 11.0 Å². The standard InChI is InChI=1S/C17H18BrFN2O2S/c18-15-6-2-1-5-14(15)13-20-9-11-21(12-10-20)24(22,23)17-8-4-3-7-16(17)19/h1-8H,9-13H2/p+1.